The molecule has 0 aliphatic carbocycles. The van der Waals surface area contributed by atoms with Crippen molar-refractivity contribution in [1.29, 1.82) is 0 Å². The van der Waals surface area contributed by atoms with Crippen LogP contribution in [0, 0.1) is 0 Å². The van der Waals surface area contributed by atoms with E-state index in [1.807, 2.05) is 6.92 Å². The van der Waals surface area contributed by atoms with E-state index < -0.39 is 112 Å². The Labute approximate surface area is 283 Å². The van der Waals surface area contributed by atoms with Gasteiger partial charge in [-0.3, -0.25) is 9.59 Å². The van der Waals surface area contributed by atoms with Gasteiger partial charge in [-0.2, -0.15) is 0 Å². The zero-order chi connectivity index (χ0) is 36.2. The normalized spacial score (nSPS) is 39.9. The van der Waals surface area contributed by atoms with Gasteiger partial charge < -0.3 is 84.8 Å². The summed E-state index contributed by atoms with van der Waals surface area (Å²) in [4.78, 5) is 23.9. The maximum absolute atomic E-state index is 12.3. The molecule has 19 nitrogen and oxygen atoms in total. The minimum Gasteiger partial charge on any atom is -0.394 e. The zero-order valence-corrected chi connectivity index (χ0v) is 27.4. The van der Waals surface area contributed by atoms with E-state index in [2.05, 4.69) is 5.32 Å². The summed E-state index contributed by atoms with van der Waals surface area (Å²) >= 11 is 0. The number of rotatable bonds is 19. The van der Waals surface area contributed by atoms with Crippen LogP contribution >= 0.6 is 0 Å². The minimum absolute atomic E-state index is 0.0308. The molecule has 19 heteroatoms. The van der Waals surface area contributed by atoms with Crippen molar-refractivity contribution in [2.24, 2.45) is 0 Å². The average Bonchev–Trinajstić information content (AvgIpc) is 3.08. The number of carbonyl (C=O) groups is 2. The molecule has 0 aromatic heterocycles. The Bertz CT molecular complexity index is 991. The predicted molar refractivity (Wildman–Crippen MR) is 161 cm³/mol. The summed E-state index contributed by atoms with van der Waals surface area (Å²) in [5, 5.41) is 105. The first kappa shape index (κ1) is 41.9. The highest BCUT2D eigenvalue weighted by atomic mass is 16.7. The third-order valence-corrected chi connectivity index (χ3v) is 8.67. The van der Waals surface area contributed by atoms with Crippen LogP contribution in [0.1, 0.15) is 51.9 Å². The van der Waals surface area contributed by atoms with Gasteiger partial charge in [-0.15, -0.1) is 0 Å². The molecule has 0 bridgehead atoms. The number of aliphatic hydroxyl groups excluding tert-OH is 10. The molecular formula is C30H53NO18. The fourth-order valence-electron chi connectivity index (χ4n) is 5.73. The van der Waals surface area contributed by atoms with Crippen molar-refractivity contribution in [1.82, 2.24) is 5.32 Å². The van der Waals surface area contributed by atoms with Gasteiger partial charge in [0, 0.05) is 25.8 Å². The van der Waals surface area contributed by atoms with Crippen molar-refractivity contribution in [2.75, 3.05) is 33.0 Å². The number of nitrogens with one attached hydrogen (secondary N) is 1. The molecule has 286 valence electrons. The molecule has 15 atom stereocenters. The smallest absolute Gasteiger partial charge is 0.219 e. The molecule has 1 amide bonds. The number of hydrogen-bond acceptors (Lipinski definition) is 18. The summed E-state index contributed by atoms with van der Waals surface area (Å²) in [5.74, 6) is -0.0640. The molecule has 3 heterocycles. The van der Waals surface area contributed by atoms with E-state index in [1.54, 1.807) is 0 Å². The number of unbranched alkanes of at least 4 members (excludes halogenated alkanes) is 2. The van der Waals surface area contributed by atoms with Crippen molar-refractivity contribution in [3.05, 3.63) is 0 Å². The summed E-state index contributed by atoms with van der Waals surface area (Å²) < 4.78 is 33.3. The predicted octanol–water partition coefficient (Wildman–Crippen LogP) is -5.11. The van der Waals surface area contributed by atoms with Gasteiger partial charge in [0.2, 0.25) is 5.91 Å². The van der Waals surface area contributed by atoms with Gasteiger partial charge in [-0.05, 0) is 26.2 Å². The van der Waals surface area contributed by atoms with Crippen LogP contribution in [0.15, 0.2) is 0 Å². The molecule has 3 aliphatic heterocycles. The number of amides is 1. The largest absolute Gasteiger partial charge is 0.394 e. The van der Waals surface area contributed by atoms with Gasteiger partial charge in [0.05, 0.1) is 26.4 Å². The maximum atomic E-state index is 12.3. The molecule has 3 rings (SSSR count). The number of Topliss-reactive ketones (excluding diaryl/α,β-unsaturated/α-hetero) is 1. The molecule has 11 N–H and O–H groups in total. The molecule has 3 fully saturated rings. The molecule has 3 aliphatic rings. The van der Waals surface area contributed by atoms with E-state index >= 15 is 0 Å². The summed E-state index contributed by atoms with van der Waals surface area (Å²) in [5.41, 5.74) is 0. The Morgan fingerprint density at radius 3 is 1.73 bits per heavy atom. The van der Waals surface area contributed by atoms with E-state index in [9.17, 15) is 60.7 Å². The Morgan fingerprint density at radius 2 is 1.12 bits per heavy atom. The molecule has 0 aromatic rings. The molecule has 0 aromatic carbocycles. The highest BCUT2D eigenvalue weighted by molar-refractivity contribution is 5.78. The summed E-state index contributed by atoms with van der Waals surface area (Å²) in [6, 6.07) is 0. The number of aliphatic hydroxyl groups is 10. The van der Waals surface area contributed by atoms with Gasteiger partial charge in [0.25, 0.3) is 0 Å². The molecule has 0 saturated carbocycles. The topological polar surface area (TPSA) is 304 Å². The van der Waals surface area contributed by atoms with Gasteiger partial charge in [-0.1, -0.05) is 6.42 Å². The van der Waals surface area contributed by atoms with Crippen molar-refractivity contribution < 1.29 is 89.1 Å². The van der Waals surface area contributed by atoms with E-state index in [4.69, 9.17) is 28.4 Å². The Morgan fingerprint density at radius 1 is 0.592 bits per heavy atom. The number of ether oxygens (including phenoxy) is 6. The fourth-order valence-corrected chi connectivity index (χ4v) is 5.73. The van der Waals surface area contributed by atoms with E-state index in [-0.39, 0.29) is 31.1 Å². The zero-order valence-electron chi connectivity index (χ0n) is 27.4. The molecule has 49 heavy (non-hydrogen) atoms. The average molecular weight is 716 g/mol. The fraction of sp³-hybridized carbons (Fsp3) is 0.933. The monoisotopic (exact) mass is 715 g/mol. The quantitative estimate of drug-likeness (QED) is 0.0557. The van der Waals surface area contributed by atoms with Crippen molar-refractivity contribution >= 4 is 11.7 Å². The van der Waals surface area contributed by atoms with Crippen LogP contribution in [0.2, 0.25) is 0 Å². The van der Waals surface area contributed by atoms with Crippen LogP contribution < -0.4 is 5.32 Å². The Kier molecular flexibility index (Phi) is 17.6. The number of hydrogen-bond donors (Lipinski definition) is 11. The lowest BCUT2D eigenvalue weighted by Crippen LogP contribution is -2.65. The summed E-state index contributed by atoms with van der Waals surface area (Å²) in [6.45, 7) is 0.231. The lowest BCUT2D eigenvalue weighted by Gasteiger charge is -2.46. The van der Waals surface area contributed by atoms with Crippen molar-refractivity contribution in [3.63, 3.8) is 0 Å². The van der Waals surface area contributed by atoms with Crippen LogP contribution in [0.3, 0.4) is 0 Å². The lowest BCUT2D eigenvalue weighted by molar-refractivity contribution is -0.366. The van der Waals surface area contributed by atoms with Gasteiger partial charge >= 0.3 is 0 Å². The third-order valence-electron chi connectivity index (χ3n) is 8.67. The summed E-state index contributed by atoms with van der Waals surface area (Å²) in [6.07, 6.45) is -21.6. The first-order valence-electron chi connectivity index (χ1n) is 16.6. The van der Waals surface area contributed by atoms with E-state index in [0.717, 1.165) is 0 Å². The minimum atomic E-state index is -1.87. The van der Waals surface area contributed by atoms with E-state index in [0.29, 0.717) is 38.6 Å². The first-order chi connectivity index (χ1) is 23.3. The molecule has 3 saturated heterocycles. The van der Waals surface area contributed by atoms with Crippen molar-refractivity contribution in [2.45, 2.75) is 144 Å². The van der Waals surface area contributed by atoms with Crippen molar-refractivity contribution in [3.8, 4) is 0 Å². The number of ketones is 1. The SMILES string of the molecule is CCNC(=O)CCCCCC(=O)CCCO[C@@H]1O[C@H](CO[C@H]2O[C@H](CO)[C@@H](O)[C@H](O)[C@@H]2O)[C@@H](O)[C@H](O[C@H]2O[C@H](CO)[C@@H](O)[C@H](O)[C@@H]2O)[C@@H]1O. The molecule has 0 unspecified atom stereocenters. The molecule has 0 spiro atoms. The van der Waals surface area contributed by atoms with Gasteiger partial charge in [0.15, 0.2) is 18.9 Å². The number of carbonyl (C=O) groups excluding carboxylic acids is 2. The first-order valence-corrected chi connectivity index (χ1v) is 16.6. The lowest BCUT2D eigenvalue weighted by atomic mass is 9.96. The standard InChI is InChI=1S/C30H53NO18/c1-2-31-18(35)9-5-3-4-7-14(34)8-6-10-44-29-26(43)27(49-30-25(42)23(40)20(37)16(12-33)47-30)21(38)17(48-29)13-45-28-24(41)22(39)19(36)15(11-32)46-28/h15-17,19-30,32-33,36-43H,2-13H2,1H3,(H,31,35)/t15-,16-,17-,19-,20-,21-,22+,23+,24+,25+,26+,27+,28+,29-,30-/m1/s1. The van der Waals surface area contributed by atoms with Crippen LogP contribution in [-0.4, -0.2) is 188 Å². The Hall–Kier alpha value is -1.50. The maximum Gasteiger partial charge on any atom is 0.219 e. The van der Waals surface area contributed by atoms with Crippen LogP contribution in [-0.2, 0) is 38.0 Å². The van der Waals surface area contributed by atoms with Crippen LogP contribution in [0.5, 0.6) is 0 Å². The third kappa shape index (κ3) is 11.5. The molecular weight excluding hydrogens is 662 g/mol. The second-order valence-corrected chi connectivity index (χ2v) is 12.4. The summed E-state index contributed by atoms with van der Waals surface area (Å²) in [7, 11) is 0. The Balaban J connectivity index is 1.61. The van der Waals surface area contributed by atoms with Gasteiger partial charge in [-0.25, -0.2) is 0 Å². The van der Waals surface area contributed by atoms with E-state index in [1.165, 1.54) is 0 Å². The second-order valence-electron chi connectivity index (χ2n) is 12.4. The highest BCUT2D eigenvalue weighted by Gasteiger charge is 2.52. The van der Waals surface area contributed by atoms with Crippen LogP contribution in [0.25, 0.3) is 0 Å². The van der Waals surface area contributed by atoms with Crippen LogP contribution in [0.4, 0.5) is 0 Å². The highest BCUT2D eigenvalue weighted by Crippen LogP contribution is 2.31. The molecule has 0 radical (unpaired) electrons. The second kappa shape index (κ2) is 20.5. The van der Waals surface area contributed by atoms with Gasteiger partial charge in [0.1, 0.15) is 79.0 Å².